The number of nitrogens with zero attached hydrogens (tertiary/aromatic N) is 1. The van der Waals surface area contributed by atoms with Crippen LogP contribution >= 0.6 is 35.0 Å². The Morgan fingerprint density at radius 1 is 1.00 bits per heavy atom. The van der Waals surface area contributed by atoms with Crippen LogP contribution < -0.4 is 4.90 Å². The Labute approximate surface area is 182 Å². The molecule has 1 saturated heterocycles. The number of hydrogen-bond acceptors (Lipinski definition) is 4. The lowest BCUT2D eigenvalue weighted by Crippen LogP contribution is -2.28. The number of hydrogen-bond donors (Lipinski definition) is 0. The van der Waals surface area contributed by atoms with E-state index >= 15 is 0 Å². The molecule has 29 heavy (non-hydrogen) atoms. The Morgan fingerprint density at radius 3 is 2.59 bits per heavy atom. The SMILES string of the molecule is Cc1ccc(C)c(N2C(=O)S/C(=C/c3ccc(-c4cc(Cl)ccc4Cl)o3)C2=O)c1. The van der Waals surface area contributed by atoms with Crippen LogP contribution in [0.5, 0.6) is 0 Å². The third-order valence-corrected chi connectivity index (χ3v) is 5.93. The van der Waals surface area contributed by atoms with Gasteiger partial charge in [-0.15, -0.1) is 0 Å². The molecule has 2 heterocycles. The largest absolute Gasteiger partial charge is 0.457 e. The standard InChI is InChI=1S/C22H15Cl2NO3S/c1-12-3-4-13(2)18(9-12)25-21(26)20(29-22(25)27)11-15-6-8-19(28-15)16-10-14(23)5-7-17(16)24/h3-11H,1-2H3/b20-11+. The van der Waals surface area contributed by atoms with Crippen LogP contribution in [0.25, 0.3) is 17.4 Å². The van der Waals surface area contributed by atoms with Crippen molar-refractivity contribution in [2.24, 2.45) is 0 Å². The summed E-state index contributed by atoms with van der Waals surface area (Å²) in [6.07, 6.45) is 1.57. The predicted molar refractivity (Wildman–Crippen MR) is 119 cm³/mol. The van der Waals surface area contributed by atoms with Gasteiger partial charge in [-0.2, -0.15) is 0 Å². The molecule has 1 fully saturated rings. The van der Waals surface area contributed by atoms with Gasteiger partial charge < -0.3 is 4.42 Å². The number of furan rings is 1. The van der Waals surface area contributed by atoms with E-state index in [0.29, 0.717) is 37.7 Å². The lowest BCUT2D eigenvalue weighted by atomic mass is 10.1. The minimum atomic E-state index is -0.368. The van der Waals surface area contributed by atoms with Crippen LogP contribution in [-0.2, 0) is 4.79 Å². The fourth-order valence-electron chi connectivity index (χ4n) is 3.03. The smallest absolute Gasteiger partial charge is 0.298 e. The normalized spacial score (nSPS) is 15.6. The van der Waals surface area contributed by atoms with Gasteiger partial charge in [0.2, 0.25) is 0 Å². The van der Waals surface area contributed by atoms with Crippen LogP contribution in [0.4, 0.5) is 10.5 Å². The van der Waals surface area contributed by atoms with E-state index in [1.54, 1.807) is 36.4 Å². The van der Waals surface area contributed by atoms with Crippen molar-refractivity contribution >= 4 is 57.9 Å². The van der Waals surface area contributed by atoms with Gasteiger partial charge in [-0.25, -0.2) is 4.90 Å². The number of thioether (sulfide) groups is 1. The maximum Gasteiger partial charge on any atom is 0.298 e. The summed E-state index contributed by atoms with van der Waals surface area (Å²) in [7, 11) is 0. The summed E-state index contributed by atoms with van der Waals surface area (Å²) in [4.78, 5) is 26.9. The molecule has 3 aromatic rings. The van der Waals surface area contributed by atoms with Crippen molar-refractivity contribution in [2.75, 3.05) is 4.90 Å². The van der Waals surface area contributed by atoms with Crippen LogP contribution in [0.2, 0.25) is 10.0 Å². The highest BCUT2D eigenvalue weighted by molar-refractivity contribution is 8.19. The fraction of sp³-hybridized carbons (Fsp3) is 0.0909. The molecule has 1 aromatic heterocycles. The summed E-state index contributed by atoms with van der Waals surface area (Å²) in [5.74, 6) is 0.604. The molecule has 7 heteroatoms. The molecule has 0 radical (unpaired) electrons. The van der Waals surface area contributed by atoms with E-state index in [2.05, 4.69) is 0 Å². The summed E-state index contributed by atoms with van der Waals surface area (Å²) in [5.41, 5.74) is 3.08. The molecule has 4 rings (SSSR count). The Morgan fingerprint density at radius 2 is 1.79 bits per heavy atom. The summed E-state index contributed by atoms with van der Waals surface area (Å²) < 4.78 is 5.82. The molecule has 1 aliphatic heterocycles. The Balaban J connectivity index is 1.65. The molecule has 0 N–H and O–H groups in total. The fourth-order valence-corrected chi connectivity index (χ4v) is 4.22. The second-order valence-corrected chi connectivity index (χ2v) is 8.47. The number of aryl methyl sites for hydroxylation is 2. The molecule has 146 valence electrons. The van der Waals surface area contributed by atoms with Crippen LogP contribution in [-0.4, -0.2) is 11.1 Å². The highest BCUT2D eigenvalue weighted by atomic mass is 35.5. The minimum absolute atomic E-state index is 0.300. The maximum atomic E-state index is 12.9. The highest BCUT2D eigenvalue weighted by Crippen LogP contribution is 2.38. The molecule has 1 aliphatic rings. The van der Waals surface area contributed by atoms with Gasteiger partial charge in [0.05, 0.1) is 15.6 Å². The molecule has 2 amide bonds. The zero-order valence-electron chi connectivity index (χ0n) is 15.5. The second-order valence-electron chi connectivity index (χ2n) is 6.63. The van der Waals surface area contributed by atoms with Gasteiger partial charge in [-0.05, 0) is 73.1 Å². The Kier molecular flexibility index (Phi) is 5.30. The van der Waals surface area contributed by atoms with E-state index in [4.69, 9.17) is 27.6 Å². The zero-order chi connectivity index (χ0) is 20.7. The van der Waals surface area contributed by atoms with Crippen LogP contribution in [0.1, 0.15) is 16.9 Å². The van der Waals surface area contributed by atoms with Crippen molar-refractivity contribution in [3.63, 3.8) is 0 Å². The lowest BCUT2D eigenvalue weighted by molar-refractivity contribution is -0.113. The van der Waals surface area contributed by atoms with Gasteiger partial charge >= 0.3 is 0 Å². The monoisotopic (exact) mass is 443 g/mol. The van der Waals surface area contributed by atoms with Crippen LogP contribution in [0.3, 0.4) is 0 Å². The summed E-state index contributed by atoms with van der Waals surface area (Å²) in [6.45, 7) is 3.79. The van der Waals surface area contributed by atoms with Crippen molar-refractivity contribution in [1.29, 1.82) is 0 Å². The zero-order valence-corrected chi connectivity index (χ0v) is 17.9. The first-order valence-electron chi connectivity index (χ1n) is 8.74. The van der Waals surface area contributed by atoms with Gasteiger partial charge in [0, 0.05) is 16.7 Å². The molecule has 0 saturated carbocycles. The van der Waals surface area contributed by atoms with Gasteiger partial charge in [-0.1, -0.05) is 35.3 Å². The number of imide groups is 1. The van der Waals surface area contributed by atoms with Gasteiger partial charge in [0.25, 0.3) is 11.1 Å². The molecule has 2 aromatic carbocycles. The summed E-state index contributed by atoms with van der Waals surface area (Å²) in [5, 5.41) is 0.710. The number of anilines is 1. The molecule has 0 spiro atoms. The predicted octanol–water partition coefficient (Wildman–Crippen LogP) is 7.11. The van der Waals surface area contributed by atoms with Crippen LogP contribution in [0.15, 0.2) is 57.9 Å². The van der Waals surface area contributed by atoms with E-state index in [0.717, 1.165) is 22.9 Å². The Hall–Kier alpha value is -2.47. The molecular weight excluding hydrogens is 429 g/mol. The average Bonchev–Trinajstić information content (AvgIpc) is 3.24. The third-order valence-electron chi connectivity index (χ3n) is 4.49. The first-order chi connectivity index (χ1) is 13.8. The van der Waals surface area contributed by atoms with Crippen molar-refractivity contribution in [1.82, 2.24) is 0 Å². The van der Waals surface area contributed by atoms with Gasteiger partial charge in [0.1, 0.15) is 11.5 Å². The number of halogens is 2. The molecule has 0 aliphatic carbocycles. The Bertz CT molecular complexity index is 1180. The summed E-state index contributed by atoms with van der Waals surface area (Å²) >= 11 is 13.2. The van der Waals surface area contributed by atoms with Crippen molar-refractivity contribution in [2.45, 2.75) is 13.8 Å². The molecule has 0 atom stereocenters. The average molecular weight is 444 g/mol. The first-order valence-corrected chi connectivity index (χ1v) is 10.3. The highest BCUT2D eigenvalue weighted by Gasteiger charge is 2.37. The number of benzene rings is 2. The van der Waals surface area contributed by atoms with E-state index < -0.39 is 0 Å². The maximum absolute atomic E-state index is 12.9. The molecular formula is C22H15Cl2NO3S. The van der Waals surface area contributed by atoms with Crippen molar-refractivity contribution in [3.05, 3.63) is 80.4 Å². The van der Waals surface area contributed by atoms with Crippen molar-refractivity contribution < 1.29 is 14.0 Å². The summed E-state index contributed by atoms with van der Waals surface area (Å²) in [6, 6.07) is 14.2. The first kappa shape index (κ1) is 19.8. The molecule has 0 unspecified atom stereocenters. The molecule has 0 bridgehead atoms. The van der Waals surface area contributed by atoms with E-state index in [-0.39, 0.29) is 11.1 Å². The number of carbonyl (C=O) groups is 2. The number of amides is 2. The van der Waals surface area contributed by atoms with E-state index in [9.17, 15) is 9.59 Å². The quantitative estimate of drug-likeness (QED) is 0.404. The van der Waals surface area contributed by atoms with Crippen LogP contribution in [0, 0.1) is 13.8 Å². The van der Waals surface area contributed by atoms with E-state index in [1.165, 1.54) is 4.90 Å². The lowest BCUT2D eigenvalue weighted by Gasteiger charge is -2.15. The number of carbonyl (C=O) groups excluding carboxylic acids is 2. The second kappa shape index (κ2) is 7.75. The minimum Gasteiger partial charge on any atom is -0.457 e. The third kappa shape index (κ3) is 3.86. The van der Waals surface area contributed by atoms with Gasteiger partial charge in [-0.3, -0.25) is 9.59 Å². The van der Waals surface area contributed by atoms with E-state index in [1.807, 2.05) is 32.0 Å². The van der Waals surface area contributed by atoms with Gasteiger partial charge in [0.15, 0.2) is 0 Å². The topological polar surface area (TPSA) is 50.5 Å². The van der Waals surface area contributed by atoms with Crippen molar-refractivity contribution in [3.8, 4) is 11.3 Å². The molecule has 4 nitrogen and oxygen atoms in total. The number of rotatable bonds is 3.